The molecule has 0 atom stereocenters. The van der Waals surface area contributed by atoms with Gasteiger partial charge in [-0.05, 0) is 32.9 Å². The summed E-state index contributed by atoms with van der Waals surface area (Å²) in [6.45, 7) is 9.07. The highest BCUT2D eigenvalue weighted by atomic mass is 15.3. The summed E-state index contributed by atoms with van der Waals surface area (Å²) in [5.41, 5.74) is 1.77. The third-order valence-electron chi connectivity index (χ3n) is 2.83. The summed E-state index contributed by atoms with van der Waals surface area (Å²) in [4.78, 5) is 2.51. The lowest BCUT2D eigenvalue weighted by Gasteiger charge is -2.39. The second-order valence-electron chi connectivity index (χ2n) is 4.79. The van der Waals surface area contributed by atoms with Crippen molar-refractivity contribution in [2.24, 2.45) is 0 Å². The maximum Gasteiger partial charge on any atom is 0.0751 e. The minimum Gasteiger partial charge on any atom is -0.338 e. The molecule has 2 rings (SSSR count). The molecule has 2 heterocycles. The van der Waals surface area contributed by atoms with Crippen molar-refractivity contribution < 1.29 is 0 Å². The molecule has 1 aliphatic rings. The van der Waals surface area contributed by atoms with Crippen LogP contribution in [0.1, 0.15) is 26.5 Å². The summed E-state index contributed by atoms with van der Waals surface area (Å²) >= 11 is 0. The van der Waals surface area contributed by atoms with E-state index in [0.717, 1.165) is 6.67 Å². The standard InChI is InChI=1S/C11H18N2/c1-11(2,3)13-8-6-10-5-4-7-12(10)9-13/h4-5,7H,6,8-9H2,1-3H3. The lowest BCUT2D eigenvalue weighted by Crippen LogP contribution is -2.46. The molecule has 1 aliphatic heterocycles. The number of fused-ring (bicyclic) bond motifs is 1. The van der Waals surface area contributed by atoms with E-state index in [2.05, 4.69) is 48.6 Å². The molecule has 0 spiro atoms. The van der Waals surface area contributed by atoms with E-state index < -0.39 is 0 Å². The molecule has 72 valence electrons. The van der Waals surface area contributed by atoms with Crippen molar-refractivity contribution in [3.8, 4) is 0 Å². The van der Waals surface area contributed by atoms with Crippen molar-refractivity contribution in [3.05, 3.63) is 24.0 Å². The lowest BCUT2D eigenvalue weighted by atomic mass is 10.1. The van der Waals surface area contributed by atoms with Gasteiger partial charge >= 0.3 is 0 Å². The van der Waals surface area contributed by atoms with Gasteiger partial charge in [-0.2, -0.15) is 0 Å². The summed E-state index contributed by atoms with van der Waals surface area (Å²) in [5, 5.41) is 0. The molecule has 0 radical (unpaired) electrons. The van der Waals surface area contributed by atoms with Crippen LogP contribution in [-0.2, 0) is 13.1 Å². The fourth-order valence-electron chi connectivity index (χ4n) is 1.87. The molecule has 1 aromatic rings. The quantitative estimate of drug-likeness (QED) is 0.590. The Kier molecular flexibility index (Phi) is 1.95. The van der Waals surface area contributed by atoms with E-state index in [-0.39, 0.29) is 0 Å². The van der Waals surface area contributed by atoms with Gasteiger partial charge in [-0.15, -0.1) is 0 Å². The van der Waals surface area contributed by atoms with Gasteiger partial charge in [-0.25, -0.2) is 0 Å². The molecule has 0 saturated heterocycles. The molecule has 0 amide bonds. The molecule has 0 bridgehead atoms. The van der Waals surface area contributed by atoms with Crippen molar-refractivity contribution in [3.63, 3.8) is 0 Å². The number of nitrogens with zero attached hydrogens (tertiary/aromatic N) is 2. The molecule has 13 heavy (non-hydrogen) atoms. The SMILES string of the molecule is CC(C)(C)N1CCc2cccn2C1. The fraction of sp³-hybridized carbons (Fsp3) is 0.636. The van der Waals surface area contributed by atoms with Crippen LogP contribution < -0.4 is 0 Å². The second kappa shape index (κ2) is 2.88. The molecule has 0 fully saturated rings. The van der Waals surface area contributed by atoms with Crippen LogP contribution in [0.4, 0.5) is 0 Å². The highest BCUT2D eigenvalue weighted by molar-refractivity contribution is 5.09. The van der Waals surface area contributed by atoms with Gasteiger partial charge in [-0.1, -0.05) is 0 Å². The van der Waals surface area contributed by atoms with Crippen LogP contribution >= 0.6 is 0 Å². The second-order valence-corrected chi connectivity index (χ2v) is 4.79. The van der Waals surface area contributed by atoms with Crippen LogP contribution in [0, 0.1) is 0 Å². The summed E-state index contributed by atoms with van der Waals surface area (Å²) in [5.74, 6) is 0. The molecular weight excluding hydrogens is 160 g/mol. The zero-order valence-corrected chi connectivity index (χ0v) is 8.75. The zero-order chi connectivity index (χ0) is 9.47. The van der Waals surface area contributed by atoms with Gasteiger partial charge in [0.25, 0.3) is 0 Å². The average molecular weight is 178 g/mol. The Hall–Kier alpha value is -0.760. The number of rotatable bonds is 0. The smallest absolute Gasteiger partial charge is 0.0751 e. The van der Waals surface area contributed by atoms with Crippen molar-refractivity contribution in [2.75, 3.05) is 6.54 Å². The van der Waals surface area contributed by atoms with E-state index in [9.17, 15) is 0 Å². The Morgan fingerprint density at radius 1 is 1.31 bits per heavy atom. The van der Waals surface area contributed by atoms with E-state index in [4.69, 9.17) is 0 Å². The minimum absolute atomic E-state index is 0.294. The Morgan fingerprint density at radius 2 is 2.08 bits per heavy atom. The largest absolute Gasteiger partial charge is 0.338 e. The van der Waals surface area contributed by atoms with Crippen LogP contribution in [-0.4, -0.2) is 21.6 Å². The summed E-state index contributed by atoms with van der Waals surface area (Å²) in [6.07, 6.45) is 3.36. The Labute approximate surface area is 80.2 Å². The van der Waals surface area contributed by atoms with Gasteiger partial charge in [-0.3, -0.25) is 4.90 Å². The number of aromatic nitrogens is 1. The van der Waals surface area contributed by atoms with Gasteiger partial charge in [0.15, 0.2) is 0 Å². The molecule has 0 aliphatic carbocycles. The van der Waals surface area contributed by atoms with Crippen LogP contribution in [0.5, 0.6) is 0 Å². The fourth-order valence-corrected chi connectivity index (χ4v) is 1.87. The van der Waals surface area contributed by atoms with Gasteiger partial charge in [0.1, 0.15) is 0 Å². The highest BCUT2D eigenvalue weighted by Gasteiger charge is 2.24. The van der Waals surface area contributed by atoms with Crippen molar-refractivity contribution >= 4 is 0 Å². The Bertz CT molecular complexity index is 293. The van der Waals surface area contributed by atoms with Crippen LogP contribution in [0.3, 0.4) is 0 Å². The first-order chi connectivity index (χ1) is 6.07. The molecule has 1 aromatic heterocycles. The molecular formula is C11H18N2. The first kappa shape index (κ1) is 8.82. The van der Waals surface area contributed by atoms with Crippen LogP contribution in [0.2, 0.25) is 0 Å². The first-order valence-electron chi connectivity index (χ1n) is 4.96. The maximum absolute atomic E-state index is 2.51. The van der Waals surface area contributed by atoms with Crippen LogP contribution in [0.15, 0.2) is 18.3 Å². The Balaban J connectivity index is 2.18. The zero-order valence-electron chi connectivity index (χ0n) is 8.75. The number of hydrogen-bond donors (Lipinski definition) is 0. The molecule has 0 unspecified atom stereocenters. The average Bonchev–Trinajstić information content (AvgIpc) is 2.47. The molecule has 2 nitrogen and oxygen atoms in total. The van der Waals surface area contributed by atoms with Crippen molar-refractivity contribution in [2.45, 2.75) is 39.4 Å². The van der Waals surface area contributed by atoms with E-state index in [1.165, 1.54) is 18.7 Å². The topological polar surface area (TPSA) is 8.17 Å². The lowest BCUT2D eigenvalue weighted by molar-refractivity contribution is 0.0831. The summed E-state index contributed by atoms with van der Waals surface area (Å²) in [7, 11) is 0. The predicted molar refractivity (Wildman–Crippen MR) is 54.6 cm³/mol. The van der Waals surface area contributed by atoms with E-state index in [0.29, 0.717) is 5.54 Å². The van der Waals surface area contributed by atoms with E-state index in [1.54, 1.807) is 0 Å². The van der Waals surface area contributed by atoms with Gasteiger partial charge in [0.2, 0.25) is 0 Å². The summed E-state index contributed by atoms with van der Waals surface area (Å²) in [6, 6.07) is 4.36. The Morgan fingerprint density at radius 3 is 2.77 bits per heavy atom. The minimum atomic E-state index is 0.294. The molecule has 0 aromatic carbocycles. The van der Waals surface area contributed by atoms with E-state index >= 15 is 0 Å². The summed E-state index contributed by atoms with van der Waals surface area (Å²) < 4.78 is 2.34. The van der Waals surface area contributed by atoms with Crippen LogP contribution in [0.25, 0.3) is 0 Å². The van der Waals surface area contributed by atoms with E-state index in [1.807, 2.05) is 0 Å². The molecule has 0 saturated carbocycles. The van der Waals surface area contributed by atoms with Gasteiger partial charge < -0.3 is 4.57 Å². The van der Waals surface area contributed by atoms with Crippen molar-refractivity contribution in [1.29, 1.82) is 0 Å². The highest BCUT2D eigenvalue weighted by Crippen LogP contribution is 2.20. The maximum atomic E-state index is 2.51. The third-order valence-corrected chi connectivity index (χ3v) is 2.83. The monoisotopic (exact) mass is 178 g/mol. The first-order valence-corrected chi connectivity index (χ1v) is 4.96. The molecule has 2 heteroatoms. The number of hydrogen-bond acceptors (Lipinski definition) is 1. The predicted octanol–water partition coefficient (Wildman–Crippen LogP) is 2.10. The van der Waals surface area contributed by atoms with Gasteiger partial charge in [0, 0.05) is 30.4 Å². The molecule has 0 N–H and O–H groups in total. The third kappa shape index (κ3) is 1.63. The van der Waals surface area contributed by atoms with Gasteiger partial charge in [0.05, 0.1) is 6.67 Å². The van der Waals surface area contributed by atoms with Crippen molar-refractivity contribution in [1.82, 2.24) is 9.47 Å². The normalized spacial score (nSPS) is 18.7.